The molecule has 0 saturated carbocycles. The monoisotopic (exact) mass is 373 g/mol. The summed E-state index contributed by atoms with van der Waals surface area (Å²) in [7, 11) is 0. The summed E-state index contributed by atoms with van der Waals surface area (Å²) in [5.74, 6) is 0.507. The first-order valence-corrected chi connectivity index (χ1v) is 8.97. The van der Waals surface area contributed by atoms with E-state index in [9.17, 15) is 14.7 Å². The Bertz CT molecular complexity index is 848. The highest BCUT2D eigenvalue weighted by atomic mass is 16.5. The predicted octanol–water partition coefficient (Wildman–Crippen LogP) is 4.49. The standard InChI is InChI=1S/C21H27NO5/c1-14(2)12-16(20(24)25)22-11-10-15(13-19(22)23)26-17-8-6-7-9-18(17)27-21(3,4)5/h6-11,13-14,16H,12H2,1-5H3,(H,24,25). The Hall–Kier alpha value is -2.76. The number of hydrogen-bond donors (Lipinski definition) is 1. The molecule has 1 aromatic carbocycles. The van der Waals surface area contributed by atoms with Gasteiger partial charge >= 0.3 is 5.97 Å². The van der Waals surface area contributed by atoms with Crippen molar-refractivity contribution in [3.8, 4) is 17.2 Å². The smallest absolute Gasteiger partial charge is 0.326 e. The first kappa shape index (κ1) is 20.6. The lowest BCUT2D eigenvalue weighted by molar-refractivity contribution is -0.141. The van der Waals surface area contributed by atoms with Crippen LogP contribution in [-0.4, -0.2) is 21.2 Å². The topological polar surface area (TPSA) is 77.8 Å². The fraction of sp³-hybridized carbons (Fsp3) is 0.429. The van der Waals surface area contributed by atoms with Crippen molar-refractivity contribution in [1.29, 1.82) is 0 Å². The zero-order valence-electron chi connectivity index (χ0n) is 16.4. The van der Waals surface area contributed by atoms with Gasteiger partial charge in [-0.3, -0.25) is 4.79 Å². The molecule has 0 aliphatic rings. The number of para-hydroxylation sites is 2. The van der Waals surface area contributed by atoms with Crippen LogP contribution < -0.4 is 15.0 Å². The SMILES string of the molecule is CC(C)CC(C(=O)O)n1ccc(Oc2ccccc2OC(C)(C)C)cc1=O. The predicted molar refractivity (Wildman–Crippen MR) is 104 cm³/mol. The first-order chi connectivity index (χ1) is 12.6. The third-order valence-electron chi connectivity index (χ3n) is 3.73. The maximum Gasteiger partial charge on any atom is 0.326 e. The molecule has 0 spiro atoms. The van der Waals surface area contributed by atoms with Gasteiger partial charge in [-0.25, -0.2) is 4.79 Å². The summed E-state index contributed by atoms with van der Waals surface area (Å²) >= 11 is 0. The average molecular weight is 373 g/mol. The first-order valence-electron chi connectivity index (χ1n) is 8.97. The van der Waals surface area contributed by atoms with Crippen molar-refractivity contribution in [3.63, 3.8) is 0 Å². The third-order valence-corrected chi connectivity index (χ3v) is 3.73. The molecule has 6 heteroatoms. The van der Waals surface area contributed by atoms with Gasteiger partial charge in [0.25, 0.3) is 5.56 Å². The molecule has 0 bridgehead atoms. The van der Waals surface area contributed by atoms with Crippen LogP contribution in [0.15, 0.2) is 47.4 Å². The molecule has 146 valence electrons. The van der Waals surface area contributed by atoms with Crippen LogP contribution in [-0.2, 0) is 4.79 Å². The van der Waals surface area contributed by atoms with E-state index >= 15 is 0 Å². The van der Waals surface area contributed by atoms with Crippen molar-refractivity contribution in [3.05, 3.63) is 52.9 Å². The molecule has 1 unspecified atom stereocenters. The van der Waals surface area contributed by atoms with Gasteiger partial charge in [0.1, 0.15) is 17.4 Å². The molecule has 1 heterocycles. The highest BCUT2D eigenvalue weighted by Crippen LogP contribution is 2.33. The number of hydrogen-bond acceptors (Lipinski definition) is 4. The van der Waals surface area contributed by atoms with Crippen molar-refractivity contribution in [2.75, 3.05) is 0 Å². The molecular weight excluding hydrogens is 346 g/mol. The van der Waals surface area contributed by atoms with Crippen LogP contribution >= 0.6 is 0 Å². The van der Waals surface area contributed by atoms with E-state index in [4.69, 9.17) is 9.47 Å². The number of aliphatic carboxylic acids is 1. The highest BCUT2D eigenvalue weighted by molar-refractivity contribution is 5.71. The average Bonchev–Trinajstić information content (AvgIpc) is 2.53. The molecule has 2 rings (SSSR count). The van der Waals surface area contributed by atoms with E-state index in [1.165, 1.54) is 16.8 Å². The molecule has 0 amide bonds. The molecule has 1 N–H and O–H groups in total. The molecule has 2 aromatic rings. The van der Waals surface area contributed by atoms with E-state index in [0.29, 0.717) is 23.7 Å². The van der Waals surface area contributed by atoms with Crippen molar-refractivity contribution < 1.29 is 19.4 Å². The summed E-state index contributed by atoms with van der Waals surface area (Å²) in [5, 5.41) is 9.44. The lowest BCUT2D eigenvalue weighted by Crippen LogP contribution is -2.30. The van der Waals surface area contributed by atoms with Gasteiger partial charge in [0.15, 0.2) is 11.5 Å². The molecule has 0 fully saturated rings. The van der Waals surface area contributed by atoms with Gasteiger partial charge in [-0.2, -0.15) is 0 Å². The van der Waals surface area contributed by atoms with Crippen LogP contribution in [0.5, 0.6) is 17.2 Å². The number of ether oxygens (including phenoxy) is 2. The van der Waals surface area contributed by atoms with E-state index in [-0.39, 0.29) is 5.92 Å². The largest absolute Gasteiger partial charge is 0.484 e. The zero-order chi connectivity index (χ0) is 20.2. The van der Waals surface area contributed by atoms with E-state index in [0.717, 1.165) is 0 Å². The molecule has 1 aromatic heterocycles. The number of carbonyl (C=O) groups is 1. The Kier molecular flexibility index (Phi) is 6.31. The second-order valence-corrected chi connectivity index (χ2v) is 7.85. The normalized spacial score (nSPS) is 12.7. The summed E-state index contributed by atoms with van der Waals surface area (Å²) in [6.45, 7) is 9.65. The van der Waals surface area contributed by atoms with E-state index in [1.807, 2.05) is 46.8 Å². The zero-order valence-corrected chi connectivity index (χ0v) is 16.4. The second-order valence-electron chi connectivity index (χ2n) is 7.85. The van der Waals surface area contributed by atoms with E-state index in [1.54, 1.807) is 18.2 Å². The summed E-state index contributed by atoms with van der Waals surface area (Å²) in [6, 6.07) is 9.19. The molecule has 27 heavy (non-hydrogen) atoms. The third kappa shape index (κ3) is 5.88. The molecule has 1 atom stereocenters. The maximum absolute atomic E-state index is 12.5. The summed E-state index contributed by atoms with van der Waals surface area (Å²) in [4.78, 5) is 24.0. The van der Waals surface area contributed by atoms with Crippen LogP contribution in [0.4, 0.5) is 0 Å². The minimum Gasteiger partial charge on any atom is -0.484 e. The quantitative estimate of drug-likeness (QED) is 0.774. The van der Waals surface area contributed by atoms with Crippen molar-refractivity contribution in [1.82, 2.24) is 4.57 Å². The fourth-order valence-corrected chi connectivity index (χ4v) is 2.65. The Morgan fingerprint density at radius 2 is 1.78 bits per heavy atom. The summed E-state index contributed by atoms with van der Waals surface area (Å²) in [6.07, 6.45) is 1.84. The minimum absolute atomic E-state index is 0.148. The molecular formula is C21H27NO5. The van der Waals surface area contributed by atoms with Crippen LogP contribution in [0.3, 0.4) is 0 Å². The summed E-state index contributed by atoms with van der Waals surface area (Å²) < 4.78 is 12.9. The number of benzene rings is 1. The second kappa shape index (κ2) is 8.29. The minimum atomic E-state index is -1.02. The Morgan fingerprint density at radius 1 is 1.15 bits per heavy atom. The molecule has 0 radical (unpaired) electrons. The van der Waals surface area contributed by atoms with Crippen LogP contribution in [0, 0.1) is 5.92 Å². The molecule has 6 nitrogen and oxygen atoms in total. The van der Waals surface area contributed by atoms with Gasteiger partial charge in [-0.1, -0.05) is 26.0 Å². The van der Waals surface area contributed by atoms with Gasteiger partial charge in [0.2, 0.25) is 0 Å². The van der Waals surface area contributed by atoms with Crippen molar-refractivity contribution in [2.45, 2.75) is 52.7 Å². The van der Waals surface area contributed by atoms with Crippen LogP contribution in [0.25, 0.3) is 0 Å². The van der Waals surface area contributed by atoms with Gasteiger partial charge in [0.05, 0.1) is 0 Å². The number of rotatable bonds is 7. The van der Waals surface area contributed by atoms with Gasteiger partial charge in [-0.15, -0.1) is 0 Å². The molecule has 0 saturated heterocycles. The van der Waals surface area contributed by atoms with Crippen LogP contribution in [0.2, 0.25) is 0 Å². The number of pyridine rings is 1. The van der Waals surface area contributed by atoms with Crippen molar-refractivity contribution in [2.24, 2.45) is 5.92 Å². The Balaban J connectivity index is 2.29. The lowest BCUT2D eigenvalue weighted by Gasteiger charge is -2.23. The van der Waals surface area contributed by atoms with Gasteiger partial charge in [-0.05, 0) is 51.3 Å². The highest BCUT2D eigenvalue weighted by Gasteiger charge is 2.22. The molecule has 0 aliphatic carbocycles. The van der Waals surface area contributed by atoms with Gasteiger partial charge in [0, 0.05) is 12.3 Å². The number of nitrogens with zero attached hydrogens (tertiary/aromatic N) is 1. The summed E-state index contributed by atoms with van der Waals surface area (Å²) in [5.41, 5.74) is -0.816. The number of carboxylic acids is 1. The Labute approximate surface area is 159 Å². The van der Waals surface area contributed by atoms with E-state index < -0.39 is 23.2 Å². The number of aromatic nitrogens is 1. The lowest BCUT2D eigenvalue weighted by atomic mass is 10.0. The Morgan fingerprint density at radius 3 is 2.30 bits per heavy atom. The number of carboxylic acid groups (broad SMARTS) is 1. The molecule has 0 aliphatic heterocycles. The maximum atomic E-state index is 12.5. The van der Waals surface area contributed by atoms with Crippen LogP contribution in [0.1, 0.15) is 47.1 Å². The van der Waals surface area contributed by atoms with E-state index in [2.05, 4.69) is 0 Å². The fourth-order valence-electron chi connectivity index (χ4n) is 2.65. The van der Waals surface area contributed by atoms with Gasteiger partial charge < -0.3 is 19.1 Å². The van der Waals surface area contributed by atoms with Crippen molar-refractivity contribution >= 4 is 5.97 Å².